The molecule has 5 nitrogen and oxygen atoms in total. The lowest BCUT2D eigenvalue weighted by Gasteiger charge is -2.26. The minimum atomic E-state index is -0.125. The summed E-state index contributed by atoms with van der Waals surface area (Å²) in [7, 11) is 0. The van der Waals surface area contributed by atoms with Crippen molar-refractivity contribution in [3.05, 3.63) is 29.3 Å². The van der Waals surface area contributed by atoms with Gasteiger partial charge in [-0.1, -0.05) is 6.07 Å². The third-order valence-electron chi connectivity index (χ3n) is 3.72. The molecule has 5 heteroatoms. The van der Waals surface area contributed by atoms with Gasteiger partial charge in [-0.2, -0.15) is 0 Å². The highest BCUT2D eigenvalue weighted by molar-refractivity contribution is 5.93. The summed E-state index contributed by atoms with van der Waals surface area (Å²) < 4.78 is 5.20. The molecule has 0 unspecified atom stereocenters. The zero-order valence-electron chi connectivity index (χ0n) is 12.6. The Morgan fingerprint density at radius 3 is 2.52 bits per heavy atom. The molecule has 0 aromatic heterocycles. The first-order valence-corrected chi connectivity index (χ1v) is 7.29. The second-order valence-electron chi connectivity index (χ2n) is 5.34. The van der Waals surface area contributed by atoms with E-state index in [1.807, 2.05) is 32.0 Å². The molecule has 1 heterocycles. The average molecular weight is 290 g/mol. The van der Waals surface area contributed by atoms with Gasteiger partial charge in [0, 0.05) is 31.6 Å². The fraction of sp³-hybridized carbons (Fsp3) is 0.500. The maximum atomic E-state index is 11.9. The molecular weight excluding hydrogens is 268 g/mol. The smallest absolute Gasteiger partial charge is 0.224 e. The Labute approximate surface area is 125 Å². The summed E-state index contributed by atoms with van der Waals surface area (Å²) in [5.41, 5.74) is 3.11. The fourth-order valence-electron chi connectivity index (χ4n) is 2.23. The monoisotopic (exact) mass is 290 g/mol. The number of nitrogens with zero attached hydrogens (tertiary/aromatic N) is 1. The third-order valence-corrected chi connectivity index (χ3v) is 3.72. The van der Waals surface area contributed by atoms with Gasteiger partial charge < -0.3 is 15.0 Å². The van der Waals surface area contributed by atoms with Gasteiger partial charge >= 0.3 is 0 Å². The van der Waals surface area contributed by atoms with Crippen molar-refractivity contribution in [2.45, 2.75) is 26.7 Å². The quantitative estimate of drug-likeness (QED) is 0.921. The topological polar surface area (TPSA) is 58.6 Å². The summed E-state index contributed by atoms with van der Waals surface area (Å²) in [6.07, 6.45) is 0.458. The SMILES string of the molecule is Cc1ccc(NC(=O)CCC(=O)N2CCOCC2)cc1C. The van der Waals surface area contributed by atoms with Crippen LogP contribution in [0.15, 0.2) is 18.2 Å². The predicted octanol–water partition coefficient (Wildman–Crippen LogP) is 1.88. The molecule has 21 heavy (non-hydrogen) atoms. The van der Waals surface area contributed by atoms with Crippen molar-refractivity contribution in [3.63, 3.8) is 0 Å². The van der Waals surface area contributed by atoms with Crippen LogP contribution in [0.3, 0.4) is 0 Å². The van der Waals surface area contributed by atoms with E-state index in [4.69, 9.17) is 4.74 Å². The summed E-state index contributed by atoms with van der Waals surface area (Å²) in [4.78, 5) is 25.6. The maximum Gasteiger partial charge on any atom is 0.224 e. The molecule has 0 aliphatic carbocycles. The van der Waals surface area contributed by atoms with Crippen molar-refractivity contribution in [1.82, 2.24) is 4.90 Å². The fourth-order valence-corrected chi connectivity index (χ4v) is 2.23. The van der Waals surface area contributed by atoms with Crippen LogP contribution in [-0.2, 0) is 14.3 Å². The van der Waals surface area contributed by atoms with Gasteiger partial charge in [0.05, 0.1) is 13.2 Å². The third kappa shape index (κ3) is 4.56. The van der Waals surface area contributed by atoms with Crippen LogP contribution in [0.1, 0.15) is 24.0 Å². The molecular formula is C16H22N2O3. The van der Waals surface area contributed by atoms with E-state index in [0.29, 0.717) is 26.3 Å². The van der Waals surface area contributed by atoms with Crippen LogP contribution in [-0.4, -0.2) is 43.0 Å². The highest BCUT2D eigenvalue weighted by Gasteiger charge is 2.17. The van der Waals surface area contributed by atoms with E-state index in [-0.39, 0.29) is 24.7 Å². The van der Waals surface area contributed by atoms with Gasteiger partial charge in [-0.05, 0) is 37.1 Å². The van der Waals surface area contributed by atoms with E-state index in [2.05, 4.69) is 5.32 Å². The number of morpholine rings is 1. The molecule has 2 rings (SSSR count). The molecule has 1 saturated heterocycles. The number of hydrogen-bond donors (Lipinski definition) is 1. The zero-order chi connectivity index (χ0) is 15.2. The summed E-state index contributed by atoms with van der Waals surface area (Å²) in [6, 6.07) is 5.80. The van der Waals surface area contributed by atoms with Crippen molar-refractivity contribution in [2.75, 3.05) is 31.6 Å². The largest absolute Gasteiger partial charge is 0.378 e. The average Bonchev–Trinajstić information content (AvgIpc) is 2.49. The summed E-state index contributed by atoms with van der Waals surface area (Å²) in [5, 5.41) is 2.83. The zero-order valence-corrected chi connectivity index (χ0v) is 12.6. The van der Waals surface area contributed by atoms with Crippen LogP contribution in [0.25, 0.3) is 0 Å². The highest BCUT2D eigenvalue weighted by atomic mass is 16.5. The summed E-state index contributed by atoms with van der Waals surface area (Å²) in [5.74, 6) is -0.103. The summed E-state index contributed by atoms with van der Waals surface area (Å²) >= 11 is 0. The van der Waals surface area contributed by atoms with Gasteiger partial charge in [-0.25, -0.2) is 0 Å². The standard InChI is InChI=1S/C16H22N2O3/c1-12-3-4-14(11-13(12)2)17-15(19)5-6-16(20)18-7-9-21-10-8-18/h3-4,11H,5-10H2,1-2H3,(H,17,19). The molecule has 0 spiro atoms. The maximum absolute atomic E-state index is 11.9. The van der Waals surface area contributed by atoms with E-state index in [0.717, 1.165) is 11.3 Å². The number of benzene rings is 1. The van der Waals surface area contributed by atoms with Crippen LogP contribution >= 0.6 is 0 Å². The first-order chi connectivity index (χ1) is 10.1. The Balaban J connectivity index is 1.78. The van der Waals surface area contributed by atoms with Gasteiger partial charge in [-0.15, -0.1) is 0 Å². The van der Waals surface area contributed by atoms with Crippen LogP contribution in [0.4, 0.5) is 5.69 Å². The number of ether oxygens (including phenoxy) is 1. The molecule has 1 fully saturated rings. The molecule has 0 saturated carbocycles. The minimum Gasteiger partial charge on any atom is -0.378 e. The van der Waals surface area contributed by atoms with E-state index < -0.39 is 0 Å². The number of anilines is 1. The van der Waals surface area contributed by atoms with E-state index in [1.54, 1.807) is 4.90 Å². The number of carbonyl (C=O) groups excluding carboxylic acids is 2. The Morgan fingerprint density at radius 1 is 1.14 bits per heavy atom. The highest BCUT2D eigenvalue weighted by Crippen LogP contribution is 2.14. The molecule has 0 atom stereocenters. The van der Waals surface area contributed by atoms with E-state index in [9.17, 15) is 9.59 Å². The first kappa shape index (κ1) is 15.5. The lowest BCUT2D eigenvalue weighted by atomic mass is 10.1. The molecule has 1 aromatic carbocycles. The number of nitrogens with one attached hydrogen (secondary N) is 1. The number of hydrogen-bond acceptors (Lipinski definition) is 3. The summed E-state index contributed by atoms with van der Waals surface area (Å²) in [6.45, 7) is 6.45. The van der Waals surface area contributed by atoms with Crippen LogP contribution in [0, 0.1) is 13.8 Å². The number of carbonyl (C=O) groups is 2. The van der Waals surface area contributed by atoms with Crippen LogP contribution in [0.5, 0.6) is 0 Å². The van der Waals surface area contributed by atoms with Crippen molar-refractivity contribution in [1.29, 1.82) is 0 Å². The van der Waals surface area contributed by atoms with E-state index >= 15 is 0 Å². The number of aryl methyl sites for hydroxylation is 2. The van der Waals surface area contributed by atoms with Gasteiger partial charge in [0.25, 0.3) is 0 Å². The number of amides is 2. The normalized spacial score (nSPS) is 14.9. The lowest BCUT2D eigenvalue weighted by molar-refractivity contribution is -0.136. The predicted molar refractivity (Wildman–Crippen MR) is 81.2 cm³/mol. The molecule has 0 bridgehead atoms. The lowest BCUT2D eigenvalue weighted by Crippen LogP contribution is -2.40. The second kappa shape index (κ2) is 7.22. The molecule has 1 aromatic rings. The Bertz CT molecular complexity index is 522. The molecule has 114 valence electrons. The molecule has 2 amide bonds. The Hall–Kier alpha value is -1.88. The van der Waals surface area contributed by atoms with Crippen molar-refractivity contribution < 1.29 is 14.3 Å². The Morgan fingerprint density at radius 2 is 1.86 bits per heavy atom. The molecule has 1 aliphatic rings. The van der Waals surface area contributed by atoms with Crippen LogP contribution in [0.2, 0.25) is 0 Å². The van der Waals surface area contributed by atoms with Crippen molar-refractivity contribution in [3.8, 4) is 0 Å². The van der Waals surface area contributed by atoms with Gasteiger partial charge in [0.2, 0.25) is 11.8 Å². The number of rotatable bonds is 4. The van der Waals surface area contributed by atoms with E-state index in [1.165, 1.54) is 5.56 Å². The van der Waals surface area contributed by atoms with Gasteiger partial charge in [0.15, 0.2) is 0 Å². The molecule has 0 radical (unpaired) electrons. The molecule has 1 N–H and O–H groups in total. The van der Waals surface area contributed by atoms with Crippen LogP contribution < -0.4 is 5.32 Å². The van der Waals surface area contributed by atoms with Gasteiger partial charge in [-0.3, -0.25) is 9.59 Å². The first-order valence-electron chi connectivity index (χ1n) is 7.29. The Kier molecular flexibility index (Phi) is 5.33. The molecule has 1 aliphatic heterocycles. The second-order valence-corrected chi connectivity index (χ2v) is 5.34. The van der Waals surface area contributed by atoms with Crippen molar-refractivity contribution >= 4 is 17.5 Å². The van der Waals surface area contributed by atoms with Crippen molar-refractivity contribution in [2.24, 2.45) is 0 Å². The van der Waals surface area contributed by atoms with Gasteiger partial charge in [0.1, 0.15) is 0 Å². The minimum absolute atomic E-state index is 0.0218.